The highest BCUT2D eigenvalue weighted by Crippen LogP contribution is 2.31. The third-order valence-electron chi connectivity index (χ3n) is 4.60. The number of hydrogen-bond donors (Lipinski definition) is 1. The van der Waals surface area contributed by atoms with E-state index in [-0.39, 0.29) is 5.95 Å². The fourth-order valence-corrected chi connectivity index (χ4v) is 3.98. The molecule has 0 aliphatic rings. The van der Waals surface area contributed by atoms with E-state index in [1.807, 2.05) is 47.5 Å². The van der Waals surface area contributed by atoms with E-state index in [1.54, 1.807) is 15.9 Å². The first-order valence-electron chi connectivity index (χ1n) is 9.25. The van der Waals surface area contributed by atoms with Crippen LogP contribution in [0.5, 0.6) is 0 Å². The Morgan fingerprint density at radius 2 is 1.93 bits per heavy atom. The molecular formula is C20H18N8S. The molecule has 0 saturated heterocycles. The zero-order valence-electron chi connectivity index (χ0n) is 15.7. The van der Waals surface area contributed by atoms with Crippen molar-refractivity contribution in [3.8, 4) is 21.7 Å². The number of aromatic nitrogens is 7. The first kappa shape index (κ1) is 17.5. The lowest BCUT2D eigenvalue weighted by molar-refractivity contribution is 0.687. The van der Waals surface area contributed by atoms with E-state index in [9.17, 15) is 0 Å². The first-order chi connectivity index (χ1) is 14.2. The molecular weight excluding hydrogens is 384 g/mol. The van der Waals surface area contributed by atoms with Crippen LogP contribution in [-0.4, -0.2) is 34.6 Å². The number of nitrogens with two attached hydrogens (primary N) is 1. The van der Waals surface area contributed by atoms with Crippen LogP contribution in [0.3, 0.4) is 0 Å². The number of fused-ring (bicyclic) bond motifs is 1. The Morgan fingerprint density at radius 1 is 1.07 bits per heavy atom. The Bertz CT molecular complexity index is 1280. The second-order valence-corrected chi connectivity index (χ2v) is 7.71. The van der Waals surface area contributed by atoms with Crippen molar-refractivity contribution in [3.05, 3.63) is 65.6 Å². The molecule has 0 radical (unpaired) electrons. The molecule has 4 heterocycles. The summed E-state index contributed by atoms with van der Waals surface area (Å²) in [6, 6.07) is 12.3. The van der Waals surface area contributed by atoms with Crippen molar-refractivity contribution in [2.24, 2.45) is 0 Å². The Morgan fingerprint density at radius 3 is 2.72 bits per heavy atom. The van der Waals surface area contributed by atoms with Crippen LogP contribution in [0.1, 0.15) is 17.5 Å². The molecule has 2 N–H and O–H groups in total. The van der Waals surface area contributed by atoms with Crippen LogP contribution in [-0.2, 0) is 13.0 Å². The van der Waals surface area contributed by atoms with Crippen molar-refractivity contribution in [2.75, 3.05) is 5.73 Å². The zero-order chi connectivity index (χ0) is 19.8. The minimum atomic E-state index is 0.225. The van der Waals surface area contributed by atoms with Gasteiger partial charge in [0.2, 0.25) is 5.95 Å². The van der Waals surface area contributed by atoms with E-state index in [2.05, 4.69) is 44.4 Å². The van der Waals surface area contributed by atoms with Crippen LogP contribution in [0.15, 0.2) is 55.0 Å². The number of pyridine rings is 1. The van der Waals surface area contributed by atoms with Gasteiger partial charge in [0, 0.05) is 23.5 Å². The molecule has 29 heavy (non-hydrogen) atoms. The SMILES string of the molecule is CCc1nnc(-c2cc(-c3cnn(Cc4ccccc4)c3)cn3nc(N)nc23)s1. The van der Waals surface area contributed by atoms with Crippen molar-refractivity contribution in [3.63, 3.8) is 0 Å². The summed E-state index contributed by atoms with van der Waals surface area (Å²) in [4.78, 5) is 4.37. The van der Waals surface area contributed by atoms with E-state index in [4.69, 9.17) is 5.73 Å². The average molecular weight is 402 g/mol. The molecule has 0 bridgehead atoms. The number of benzene rings is 1. The number of anilines is 1. The Hall–Kier alpha value is -3.59. The van der Waals surface area contributed by atoms with E-state index in [0.29, 0.717) is 12.2 Å². The standard InChI is InChI=1S/C20H18N8S/c1-2-17-24-25-19(29-17)16-8-14(12-28-18(16)23-20(21)26-28)15-9-22-27(11-15)10-13-6-4-3-5-7-13/h3-9,11-12H,2,10H2,1H3,(H2,21,26). The van der Waals surface area contributed by atoms with Crippen molar-refractivity contribution in [2.45, 2.75) is 19.9 Å². The first-order valence-corrected chi connectivity index (χ1v) is 10.1. The predicted octanol–water partition coefficient (Wildman–Crippen LogP) is 3.30. The van der Waals surface area contributed by atoms with Gasteiger partial charge in [-0.2, -0.15) is 10.1 Å². The monoisotopic (exact) mass is 402 g/mol. The van der Waals surface area contributed by atoms with E-state index in [0.717, 1.165) is 33.1 Å². The molecule has 9 heteroatoms. The molecule has 0 atom stereocenters. The van der Waals surface area contributed by atoms with Crippen molar-refractivity contribution < 1.29 is 0 Å². The molecule has 0 fully saturated rings. The highest BCUT2D eigenvalue weighted by Gasteiger charge is 2.16. The summed E-state index contributed by atoms with van der Waals surface area (Å²) in [5, 5.41) is 19.2. The summed E-state index contributed by atoms with van der Waals surface area (Å²) < 4.78 is 3.62. The van der Waals surface area contributed by atoms with Crippen LogP contribution in [0.4, 0.5) is 5.95 Å². The summed E-state index contributed by atoms with van der Waals surface area (Å²) in [5.74, 6) is 0.225. The summed E-state index contributed by atoms with van der Waals surface area (Å²) in [5.41, 5.74) is 10.5. The van der Waals surface area contributed by atoms with Crippen molar-refractivity contribution in [1.29, 1.82) is 0 Å². The van der Waals surface area contributed by atoms with Gasteiger partial charge in [0.25, 0.3) is 0 Å². The molecule has 4 aromatic heterocycles. The normalized spacial score (nSPS) is 11.3. The van der Waals surface area contributed by atoms with Gasteiger partial charge in [0.1, 0.15) is 5.01 Å². The van der Waals surface area contributed by atoms with Gasteiger partial charge in [0.05, 0.1) is 18.3 Å². The fourth-order valence-electron chi connectivity index (χ4n) is 3.19. The van der Waals surface area contributed by atoms with E-state index in [1.165, 1.54) is 5.56 Å². The Kier molecular flexibility index (Phi) is 4.28. The topological polar surface area (TPSA) is 99.8 Å². The molecule has 0 saturated carbocycles. The molecule has 0 spiro atoms. The smallest absolute Gasteiger partial charge is 0.240 e. The lowest BCUT2D eigenvalue weighted by Crippen LogP contribution is -1.99. The minimum Gasteiger partial charge on any atom is -0.366 e. The fraction of sp³-hybridized carbons (Fsp3) is 0.150. The predicted molar refractivity (Wildman–Crippen MR) is 112 cm³/mol. The highest BCUT2D eigenvalue weighted by molar-refractivity contribution is 7.14. The molecule has 0 amide bonds. The molecule has 8 nitrogen and oxygen atoms in total. The molecule has 0 aliphatic heterocycles. The highest BCUT2D eigenvalue weighted by atomic mass is 32.1. The summed E-state index contributed by atoms with van der Waals surface area (Å²) in [7, 11) is 0. The van der Waals surface area contributed by atoms with Gasteiger partial charge in [-0.3, -0.25) is 4.68 Å². The number of aryl methyl sites for hydroxylation is 1. The number of rotatable bonds is 5. The lowest BCUT2D eigenvalue weighted by atomic mass is 10.1. The molecule has 0 unspecified atom stereocenters. The van der Waals surface area contributed by atoms with Gasteiger partial charge in [-0.15, -0.1) is 15.3 Å². The van der Waals surface area contributed by atoms with Gasteiger partial charge < -0.3 is 5.73 Å². The van der Waals surface area contributed by atoms with Crippen LogP contribution >= 0.6 is 11.3 Å². The maximum absolute atomic E-state index is 5.86. The maximum atomic E-state index is 5.86. The molecule has 5 rings (SSSR count). The van der Waals surface area contributed by atoms with Crippen LogP contribution < -0.4 is 5.73 Å². The van der Waals surface area contributed by atoms with Crippen molar-refractivity contribution >= 4 is 22.9 Å². The third kappa shape index (κ3) is 3.36. The Labute approximate surface area is 170 Å². The molecule has 0 aliphatic carbocycles. The number of nitrogens with zero attached hydrogens (tertiary/aromatic N) is 7. The second kappa shape index (κ2) is 7.10. The van der Waals surface area contributed by atoms with Crippen LogP contribution in [0, 0.1) is 0 Å². The number of nitrogen functional groups attached to an aromatic ring is 1. The van der Waals surface area contributed by atoms with Gasteiger partial charge in [-0.05, 0) is 18.1 Å². The summed E-state index contributed by atoms with van der Waals surface area (Å²) >= 11 is 1.56. The van der Waals surface area contributed by atoms with Gasteiger partial charge in [-0.25, -0.2) is 4.52 Å². The largest absolute Gasteiger partial charge is 0.366 e. The van der Waals surface area contributed by atoms with Crippen LogP contribution in [0.2, 0.25) is 0 Å². The molecule has 1 aromatic carbocycles. The zero-order valence-corrected chi connectivity index (χ0v) is 16.5. The van der Waals surface area contributed by atoms with E-state index >= 15 is 0 Å². The quantitative estimate of drug-likeness (QED) is 0.484. The van der Waals surface area contributed by atoms with Gasteiger partial charge >= 0.3 is 0 Å². The summed E-state index contributed by atoms with van der Waals surface area (Å²) in [6.45, 7) is 2.77. The average Bonchev–Trinajstić information content (AvgIpc) is 3.46. The van der Waals surface area contributed by atoms with E-state index < -0.39 is 0 Å². The van der Waals surface area contributed by atoms with Gasteiger partial charge in [0.15, 0.2) is 10.7 Å². The Balaban J connectivity index is 1.57. The lowest BCUT2D eigenvalue weighted by Gasteiger charge is -2.04. The maximum Gasteiger partial charge on any atom is 0.240 e. The third-order valence-corrected chi connectivity index (χ3v) is 5.70. The second-order valence-electron chi connectivity index (χ2n) is 6.65. The minimum absolute atomic E-state index is 0.225. The summed E-state index contributed by atoms with van der Waals surface area (Å²) in [6.07, 6.45) is 6.63. The number of hydrogen-bond acceptors (Lipinski definition) is 7. The molecule has 5 aromatic rings. The van der Waals surface area contributed by atoms with Crippen LogP contribution in [0.25, 0.3) is 27.3 Å². The van der Waals surface area contributed by atoms with Gasteiger partial charge in [-0.1, -0.05) is 48.6 Å². The molecule has 144 valence electrons. The van der Waals surface area contributed by atoms with Crippen molar-refractivity contribution in [1.82, 2.24) is 34.6 Å².